The summed E-state index contributed by atoms with van der Waals surface area (Å²) in [5.74, 6) is 0. The maximum atomic E-state index is 5.98. The van der Waals surface area contributed by atoms with Gasteiger partial charge in [-0.15, -0.1) is 0 Å². The Morgan fingerprint density at radius 1 is 1.29 bits per heavy atom. The van der Waals surface area contributed by atoms with Crippen LogP contribution < -0.4 is 16.4 Å². The summed E-state index contributed by atoms with van der Waals surface area (Å²) in [6.07, 6.45) is 0. The van der Waals surface area contributed by atoms with Gasteiger partial charge in [-0.25, -0.2) is 0 Å². The molecule has 0 unspecified atom stereocenters. The van der Waals surface area contributed by atoms with Gasteiger partial charge in [-0.2, -0.15) is 0 Å². The molecule has 0 radical (unpaired) electrons. The first-order valence-electron chi connectivity index (χ1n) is 6.66. The highest BCUT2D eigenvalue weighted by atomic mass is 35.5. The zero-order chi connectivity index (χ0) is 15.2. The molecule has 0 aromatic heterocycles. The second kappa shape index (κ2) is 8.00. The van der Waals surface area contributed by atoms with Crippen molar-refractivity contribution in [2.45, 2.75) is 0 Å². The minimum Gasteiger partial charge on any atom is -0.396 e. The van der Waals surface area contributed by atoms with E-state index in [-0.39, 0.29) is 0 Å². The largest absolute Gasteiger partial charge is 0.396 e. The number of nitrogen functional groups attached to an aromatic ring is 1. The van der Waals surface area contributed by atoms with Gasteiger partial charge in [0, 0.05) is 31.9 Å². The zero-order valence-electron chi connectivity index (χ0n) is 11.5. The lowest BCUT2D eigenvalue weighted by molar-refractivity contribution is 0.0389. The van der Waals surface area contributed by atoms with Crippen LogP contribution in [0.3, 0.4) is 0 Å². The van der Waals surface area contributed by atoms with Gasteiger partial charge in [0.05, 0.1) is 28.9 Å². The molecule has 0 atom stereocenters. The van der Waals surface area contributed by atoms with Gasteiger partial charge in [-0.3, -0.25) is 4.90 Å². The van der Waals surface area contributed by atoms with Gasteiger partial charge < -0.3 is 21.1 Å². The molecule has 1 aliphatic rings. The Balaban J connectivity index is 1.76. The van der Waals surface area contributed by atoms with Crippen LogP contribution in [0.2, 0.25) is 10.0 Å². The van der Waals surface area contributed by atoms with Crippen LogP contribution >= 0.6 is 35.4 Å². The number of benzene rings is 1. The van der Waals surface area contributed by atoms with Crippen molar-refractivity contribution >= 4 is 51.9 Å². The van der Waals surface area contributed by atoms with Gasteiger partial charge in [0.15, 0.2) is 5.11 Å². The minimum atomic E-state index is 0.370. The SMILES string of the molecule is Nc1c(Cl)cc(NC(=S)NCCN2CCOCC2)cc1Cl. The molecule has 1 aromatic rings. The molecule has 0 aliphatic carbocycles. The van der Waals surface area contributed by atoms with Crippen molar-refractivity contribution in [3.8, 4) is 0 Å². The number of rotatable bonds is 4. The summed E-state index contributed by atoms with van der Waals surface area (Å²) in [6, 6.07) is 3.39. The average Bonchev–Trinajstić information content (AvgIpc) is 2.46. The van der Waals surface area contributed by atoms with Crippen molar-refractivity contribution in [2.24, 2.45) is 0 Å². The van der Waals surface area contributed by atoms with E-state index in [0.717, 1.165) is 39.4 Å². The number of hydrogen-bond donors (Lipinski definition) is 3. The summed E-state index contributed by atoms with van der Waals surface area (Å²) in [4.78, 5) is 2.33. The van der Waals surface area contributed by atoms with E-state index in [9.17, 15) is 0 Å². The number of nitrogens with two attached hydrogens (primary N) is 1. The molecule has 4 N–H and O–H groups in total. The van der Waals surface area contributed by atoms with Gasteiger partial charge in [-0.05, 0) is 24.4 Å². The van der Waals surface area contributed by atoms with E-state index >= 15 is 0 Å². The summed E-state index contributed by atoms with van der Waals surface area (Å²) < 4.78 is 5.30. The zero-order valence-corrected chi connectivity index (χ0v) is 13.8. The Hall–Kier alpha value is -0.790. The van der Waals surface area contributed by atoms with Gasteiger partial charge >= 0.3 is 0 Å². The fraction of sp³-hybridized carbons (Fsp3) is 0.462. The molecule has 1 heterocycles. The standard InChI is InChI=1S/C13H18Cl2N4OS/c14-10-7-9(8-11(15)12(10)16)18-13(21)17-1-2-19-3-5-20-6-4-19/h7-8H,1-6,16H2,(H2,17,18,21). The molecule has 21 heavy (non-hydrogen) atoms. The highest BCUT2D eigenvalue weighted by molar-refractivity contribution is 7.80. The molecule has 0 bridgehead atoms. The van der Waals surface area contributed by atoms with Crippen molar-refractivity contribution in [3.63, 3.8) is 0 Å². The maximum Gasteiger partial charge on any atom is 0.170 e. The van der Waals surface area contributed by atoms with Crippen LogP contribution in [-0.4, -0.2) is 49.4 Å². The van der Waals surface area contributed by atoms with E-state index in [1.54, 1.807) is 12.1 Å². The molecule has 0 spiro atoms. The molecule has 8 heteroatoms. The lowest BCUT2D eigenvalue weighted by atomic mass is 10.3. The van der Waals surface area contributed by atoms with Crippen LogP contribution in [0.25, 0.3) is 0 Å². The van der Waals surface area contributed by atoms with E-state index in [1.165, 1.54) is 0 Å². The number of nitrogens with zero attached hydrogens (tertiary/aromatic N) is 1. The van der Waals surface area contributed by atoms with E-state index in [1.807, 2.05) is 0 Å². The third kappa shape index (κ3) is 5.16. The Morgan fingerprint density at radius 2 is 1.90 bits per heavy atom. The molecule has 0 saturated carbocycles. The Bertz CT molecular complexity index is 486. The summed E-state index contributed by atoms with van der Waals surface area (Å²) >= 11 is 17.2. The maximum absolute atomic E-state index is 5.98. The molecular weight excluding hydrogens is 331 g/mol. The number of anilines is 2. The van der Waals surface area contributed by atoms with E-state index < -0.39 is 0 Å². The fourth-order valence-electron chi connectivity index (χ4n) is 1.98. The normalized spacial score (nSPS) is 15.7. The summed E-state index contributed by atoms with van der Waals surface area (Å²) in [5.41, 5.74) is 6.77. The van der Waals surface area contributed by atoms with Gasteiger partial charge in [-0.1, -0.05) is 23.2 Å². The summed E-state index contributed by atoms with van der Waals surface area (Å²) in [6.45, 7) is 5.21. The average molecular weight is 349 g/mol. The van der Waals surface area contributed by atoms with Crippen LogP contribution in [0.5, 0.6) is 0 Å². The van der Waals surface area contributed by atoms with Crippen molar-refractivity contribution < 1.29 is 4.74 Å². The molecule has 1 fully saturated rings. The first-order valence-corrected chi connectivity index (χ1v) is 7.82. The predicted octanol–water partition coefficient (Wildman–Crippen LogP) is 2.19. The lowest BCUT2D eigenvalue weighted by Crippen LogP contribution is -2.42. The molecule has 116 valence electrons. The van der Waals surface area contributed by atoms with Crippen LogP contribution in [-0.2, 0) is 4.74 Å². The molecular formula is C13H18Cl2N4OS. The second-order valence-corrected chi connectivity index (χ2v) is 5.91. The number of hydrogen-bond acceptors (Lipinski definition) is 4. The molecule has 0 amide bonds. The molecule has 5 nitrogen and oxygen atoms in total. The van der Waals surface area contributed by atoms with Gasteiger partial charge in [0.1, 0.15) is 0 Å². The van der Waals surface area contributed by atoms with Crippen LogP contribution in [0, 0.1) is 0 Å². The topological polar surface area (TPSA) is 62.5 Å². The van der Waals surface area contributed by atoms with Crippen LogP contribution in [0.4, 0.5) is 11.4 Å². The number of halogens is 2. The molecule has 2 rings (SSSR count). The van der Waals surface area contributed by atoms with Crippen LogP contribution in [0.1, 0.15) is 0 Å². The van der Waals surface area contributed by atoms with Crippen molar-refractivity contribution in [2.75, 3.05) is 50.4 Å². The van der Waals surface area contributed by atoms with E-state index in [2.05, 4.69) is 15.5 Å². The number of nitrogens with one attached hydrogen (secondary N) is 2. The second-order valence-electron chi connectivity index (χ2n) is 4.69. The van der Waals surface area contributed by atoms with Crippen molar-refractivity contribution in [1.29, 1.82) is 0 Å². The van der Waals surface area contributed by atoms with Gasteiger partial charge in [0.25, 0.3) is 0 Å². The third-order valence-corrected chi connectivity index (χ3v) is 4.03. The minimum absolute atomic E-state index is 0.370. The van der Waals surface area contributed by atoms with Crippen LogP contribution in [0.15, 0.2) is 12.1 Å². The Kier molecular flexibility index (Phi) is 6.32. The first-order chi connectivity index (χ1) is 10.1. The van der Waals surface area contributed by atoms with Gasteiger partial charge in [0.2, 0.25) is 0 Å². The smallest absolute Gasteiger partial charge is 0.170 e. The monoisotopic (exact) mass is 348 g/mol. The van der Waals surface area contributed by atoms with E-state index in [0.29, 0.717) is 26.5 Å². The highest BCUT2D eigenvalue weighted by Crippen LogP contribution is 2.30. The fourth-order valence-corrected chi connectivity index (χ4v) is 2.69. The molecule has 1 aliphatic heterocycles. The number of ether oxygens (including phenoxy) is 1. The van der Waals surface area contributed by atoms with E-state index in [4.69, 9.17) is 45.9 Å². The first kappa shape index (κ1) is 16.6. The lowest BCUT2D eigenvalue weighted by Gasteiger charge is -2.26. The Labute approximate surface area is 139 Å². The highest BCUT2D eigenvalue weighted by Gasteiger charge is 2.10. The molecule has 1 aromatic carbocycles. The summed E-state index contributed by atoms with van der Waals surface area (Å²) in [5, 5.41) is 7.53. The van der Waals surface area contributed by atoms with Crippen molar-refractivity contribution in [3.05, 3.63) is 22.2 Å². The Morgan fingerprint density at radius 3 is 2.52 bits per heavy atom. The van der Waals surface area contributed by atoms with Crippen molar-refractivity contribution in [1.82, 2.24) is 10.2 Å². The predicted molar refractivity (Wildman–Crippen MR) is 92.4 cm³/mol. The number of morpholine rings is 1. The quantitative estimate of drug-likeness (QED) is 0.572. The summed E-state index contributed by atoms with van der Waals surface area (Å²) in [7, 11) is 0. The molecule has 1 saturated heterocycles. The number of thiocarbonyl (C=S) groups is 1. The third-order valence-electron chi connectivity index (χ3n) is 3.15.